The first-order valence-electron chi connectivity index (χ1n) is 19.5. The first-order chi connectivity index (χ1) is 27.5. The summed E-state index contributed by atoms with van der Waals surface area (Å²) in [5.41, 5.74) is 9.67. The Bertz CT molecular complexity index is 2140. The molecule has 0 unspecified atom stereocenters. The number of carbonyl (C=O) groups excluding carboxylic acids is 4. The van der Waals surface area contributed by atoms with Gasteiger partial charge in [-0.25, -0.2) is 14.6 Å². The van der Waals surface area contributed by atoms with Crippen LogP contribution in [0.25, 0.3) is 33.6 Å². The van der Waals surface area contributed by atoms with Crippen LogP contribution in [0.2, 0.25) is 0 Å². The summed E-state index contributed by atoms with van der Waals surface area (Å²) in [6.07, 6.45) is 3.76. The lowest BCUT2D eigenvalue weighted by atomic mass is 9.99. The Hall–Kier alpha value is -5.89. The van der Waals surface area contributed by atoms with Crippen LogP contribution in [0.15, 0.2) is 66.9 Å². The second-order valence-electron chi connectivity index (χ2n) is 15.4. The van der Waals surface area contributed by atoms with Gasteiger partial charge in [0, 0.05) is 29.9 Å². The zero-order chi connectivity index (χ0) is 40.4. The van der Waals surface area contributed by atoms with E-state index < -0.39 is 24.3 Å². The molecule has 14 nitrogen and oxygen atoms in total. The van der Waals surface area contributed by atoms with E-state index in [1.165, 1.54) is 14.2 Å². The van der Waals surface area contributed by atoms with Crippen molar-refractivity contribution in [2.75, 3.05) is 27.3 Å². The van der Waals surface area contributed by atoms with Gasteiger partial charge in [-0.1, -0.05) is 69.0 Å². The molecule has 3 aliphatic heterocycles. The number of hydrogen-bond donors (Lipinski definition) is 4. The van der Waals surface area contributed by atoms with Crippen molar-refractivity contribution in [1.82, 2.24) is 35.4 Å². The van der Waals surface area contributed by atoms with E-state index in [1.807, 2.05) is 23.6 Å². The molecule has 3 aliphatic rings. The number of hydrogen-bond acceptors (Lipinski definition) is 8. The lowest BCUT2D eigenvalue weighted by Crippen LogP contribution is -2.51. The van der Waals surface area contributed by atoms with Crippen molar-refractivity contribution in [2.24, 2.45) is 5.92 Å². The molecule has 0 bridgehead atoms. The predicted molar refractivity (Wildman–Crippen MR) is 213 cm³/mol. The number of aromatic amines is 2. The maximum absolute atomic E-state index is 13.8. The van der Waals surface area contributed by atoms with Crippen LogP contribution in [0, 0.1) is 5.92 Å². The van der Waals surface area contributed by atoms with Crippen LogP contribution in [-0.4, -0.2) is 88.1 Å². The fraction of sp³-hybridized carbons (Fsp3) is 0.419. The van der Waals surface area contributed by atoms with Crippen LogP contribution in [-0.2, 0) is 37.0 Å². The number of nitrogens with zero attached hydrogens (tertiary/aromatic N) is 3. The Balaban J connectivity index is 1.05. The van der Waals surface area contributed by atoms with E-state index in [0.29, 0.717) is 31.9 Å². The van der Waals surface area contributed by atoms with Crippen molar-refractivity contribution in [3.63, 3.8) is 0 Å². The zero-order valence-corrected chi connectivity index (χ0v) is 33.1. The normalized spacial score (nSPS) is 18.6. The fourth-order valence-corrected chi connectivity index (χ4v) is 8.30. The summed E-state index contributed by atoms with van der Waals surface area (Å²) in [4.78, 5) is 66.8. The van der Waals surface area contributed by atoms with Crippen LogP contribution < -0.4 is 10.6 Å². The Morgan fingerprint density at radius 3 is 1.96 bits per heavy atom. The summed E-state index contributed by atoms with van der Waals surface area (Å²) >= 11 is 0. The Labute approximate surface area is 332 Å². The van der Waals surface area contributed by atoms with Crippen molar-refractivity contribution in [3.05, 3.63) is 89.5 Å². The van der Waals surface area contributed by atoms with Gasteiger partial charge in [-0.05, 0) is 66.4 Å². The molecule has 2 saturated heterocycles. The van der Waals surface area contributed by atoms with Crippen LogP contribution in [0.5, 0.6) is 0 Å². The lowest BCUT2D eigenvalue weighted by molar-refractivity contribution is -0.135. The first-order valence-corrected chi connectivity index (χ1v) is 19.5. The second kappa shape index (κ2) is 16.7. The molecule has 0 saturated carbocycles. The minimum Gasteiger partial charge on any atom is -0.453 e. The predicted octanol–water partition coefficient (Wildman–Crippen LogP) is 6.78. The molecule has 2 fully saturated rings. The molecule has 4 aromatic rings. The average molecular weight is 778 g/mol. The number of aromatic nitrogens is 3. The van der Waals surface area contributed by atoms with Gasteiger partial charge in [0.25, 0.3) is 0 Å². The number of imidazole rings is 1. The smallest absolute Gasteiger partial charge is 0.407 e. The summed E-state index contributed by atoms with van der Waals surface area (Å²) in [5.74, 6) is 0.264. The van der Waals surface area contributed by atoms with E-state index in [9.17, 15) is 19.2 Å². The molecule has 5 heterocycles. The molecule has 14 heteroatoms. The van der Waals surface area contributed by atoms with Gasteiger partial charge in [-0.3, -0.25) is 9.59 Å². The Morgan fingerprint density at radius 1 is 0.789 bits per heavy atom. The van der Waals surface area contributed by atoms with Gasteiger partial charge in [0.15, 0.2) is 0 Å². The number of amides is 4. The molecular formula is C43H51N7O7. The maximum atomic E-state index is 13.8. The summed E-state index contributed by atoms with van der Waals surface area (Å²) in [6.45, 7) is 11.6. The summed E-state index contributed by atoms with van der Waals surface area (Å²) < 4.78 is 15.5. The Morgan fingerprint density at radius 2 is 1.35 bits per heavy atom. The van der Waals surface area contributed by atoms with Crippen LogP contribution in [0.3, 0.4) is 0 Å². The van der Waals surface area contributed by atoms with Crippen LogP contribution >= 0.6 is 0 Å². The highest BCUT2D eigenvalue weighted by molar-refractivity contribution is 5.89. The SMILES string of the molecule is C=C(C)[C@H](NC(=O)OC)C(=O)N1CCC[C@H]1c1[nH]c(-c2ccc(-c3ccc(-c4cnc([C@@H]5CCCN5C(=O)[C@@H](NC(=O)OC)C(C)C)[nH]4)cc3)cc2)c2c1COC2. The van der Waals surface area contributed by atoms with Gasteiger partial charge < -0.3 is 44.6 Å². The highest BCUT2D eigenvalue weighted by Gasteiger charge is 2.40. The largest absolute Gasteiger partial charge is 0.453 e. The van der Waals surface area contributed by atoms with Crippen molar-refractivity contribution < 1.29 is 33.4 Å². The average Bonchev–Trinajstić information content (AvgIpc) is 4.07. The molecule has 7 rings (SSSR count). The molecule has 300 valence electrons. The lowest BCUT2D eigenvalue weighted by Gasteiger charge is -2.30. The molecule has 57 heavy (non-hydrogen) atoms. The van der Waals surface area contributed by atoms with E-state index in [2.05, 4.69) is 80.7 Å². The minimum atomic E-state index is -0.877. The summed E-state index contributed by atoms with van der Waals surface area (Å²) in [5, 5.41) is 5.34. The molecule has 4 amide bonds. The van der Waals surface area contributed by atoms with Crippen LogP contribution in [0.4, 0.5) is 9.59 Å². The van der Waals surface area contributed by atoms with Crippen LogP contribution in [0.1, 0.15) is 81.2 Å². The highest BCUT2D eigenvalue weighted by atomic mass is 16.5. The minimum absolute atomic E-state index is 0.108. The zero-order valence-electron chi connectivity index (χ0n) is 33.1. The number of nitrogens with one attached hydrogen (secondary N) is 4. The molecule has 0 radical (unpaired) electrons. The molecule has 2 aromatic heterocycles. The number of rotatable bonds is 11. The van der Waals surface area contributed by atoms with Crippen molar-refractivity contribution in [3.8, 4) is 33.6 Å². The number of ether oxygens (including phenoxy) is 3. The van der Waals surface area contributed by atoms with Gasteiger partial charge in [0.05, 0.1) is 57.1 Å². The van der Waals surface area contributed by atoms with Gasteiger partial charge in [0.2, 0.25) is 11.8 Å². The highest BCUT2D eigenvalue weighted by Crippen LogP contribution is 2.42. The molecule has 0 aliphatic carbocycles. The first kappa shape index (κ1) is 39.3. The quantitative estimate of drug-likeness (QED) is 0.121. The van der Waals surface area contributed by atoms with Gasteiger partial charge >= 0.3 is 12.2 Å². The van der Waals surface area contributed by atoms with E-state index in [0.717, 1.165) is 82.0 Å². The van der Waals surface area contributed by atoms with Crippen molar-refractivity contribution in [1.29, 1.82) is 0 Å². The summed E-state index contributed by atoms with van der Waals surface area (Å²) in [7, 11) is 2.56. The van der Waals surface area contributed by atoms with E-state index >= 15 is 0 Å². The molecule has 4 N–H and O–H groups in total. The fourth-order valence-electron chi connectivity index (χ4n) is 8.30. The number of methoxy groups -OCH3 is 2. The number of benzene rings is 2. The molecular weight excluding hydrogens is 727 g/mol. The monoisotopic (exact) mass is 777 g/mol. The molecule has 4 atom stereocenters. The Kier molecular flexibility index (Phi) is 11.5. The number of H-pyrrole nitrogens is 2. The van der Waals surface area contributed by atoms with Gasteiger partial charge in [-0.2, -0.15) is 0 Å². The number of fused-ring (bicyclic) bond motifs is 1. The topological polar surface area (TPSA) is 171 Å². The third-order valence-electron chi connectivity index (χ3n) is 11.3. The van der Waals surface area contributed by atoms with Gasteiger partial charge in [0.1, 0.15) is 17.9 Å². The third kappa shape index (κ3) is 7.91. The standard InChI is InChI=1S/C43H51N7O7/c1-24(2)35(47-42(53)55-5)40(51)49-19-7-9-33(49)38-31-23-57-22-30(31)37(46-38)29-17-13-27(14-18-29)26-11-15-28(16-12-26)32-21-44-39(45-32)34-10-8-20-50(34)41(52)36(25(3)4)48-43(54)56-6/h11-18,21,25,33-36,46H,1,7-10,19-20,22-23H2,2-6H3,(H,44,45)(H,47,53)(H,48,54)/t33-,34-,35-,36-/m0/s1. The van der Waals surface area contributed by atoms with E-state index in [-0.39, 0.29) is 29.8 Å². The van der Waals surface area contributed by atoms with Gasteiger partial charge in [-0.15, -0.1) is 0 Å². The third-order valence-corrected chi connectivity index (χ3v) is 11.3. The van der Waals surface area contributed by atoms with E-state index in [1.54, 1.807) is 13.1 Å². The van der Waals surface area contributed by atoms with Crippen molar-refractivity contribution in [2.45, 2.75) is 83.8 Å². The number of carbonyl (C=O) groups is 4. The maximum Gasteiger partial charge on any atom is 0.407 e. The summed E-state index contributed by atoms with van der Waals surface area (Å²) in [6, 6.07) is 14.7. The van der Waals surface area contributed by atoms with Crippen molar-refractivity contribution >= 4 is 24.0 Å². The molecule has 2 aromatic carbocycles. The number of alkyl carbamates (subject to hydrolysis) is 2. The van der Waals surface area contributed by atoms with E-state index in [4.69, 9.17) is 14.2 Å². The number of likely N-dealkylation sites (tertiary alicyclic amines) is 2. The second-order valence-corrected chi connectivity index (χ2v) is 15.4. The molecule has 0 spiro atoms.